The van der Waals surface area contributed by atoms with E-state index in [4.69, 9.17) is 9.47 Å². The van der Waals surface area contributed by atoms with Crippen LogP contribution in [0.2, 0.25) is 0 Å². The van der Waals surface area contributed by atoms with E-state index in [2.05, 4.69) is 16.0 Å². The molecule has 2 atom stereocenters. The maximum absolute atomic E-state index is 13.1. The third-order valence-corrected chi connectivity index (χ3v) is 7.70. The quantitative estimate of drug-likeness (QED) is 0.0495. The van der Waals surface area contributed by atoms with E-state index >= 15 is 0 Å². The van der Waals surface area contributed by atoms with Crippen LogP contribution in [0.15, 0.2) is 23.1 Å². The lowest BCUT2D eigenvalue weighted by Crippen LogP contribution is -2.50. The average Bonchev–Trinajstić information content (AvgIpc) is 3.02. The summed E-state index contributed by atoms with van der Waals surface area (Å²) in [5.74, 6) is -3.24. The van der Waals surface area contributed by atoms with Gasteiger partial charge in [0.25, 0.3) is 11.4 Å². The van der Waals surface area contributed by atoms with Gasteiger partial charge in [0.1, 0.15) is 18.6 Å². The Labute approximate surface area is 277 Å². The number of rotatable bonds is 23. The molecule has 17 heteroatoms. The van der Waals surface area contributed by atoms with Gasteiger partial charge < -0.3 is 25.4 Å². The Bertz CT molecular complexity index is 1240. The van der Waals surface area contributed by atoms with Gasteiger partial charge in [-0.25, -0.2) is 4.79 Å². The van der Waals surface area contributed by atoms with Crippen LogP contribution in [0.3, 0.4) is 0 Å². The summed E-state index contributed by atoms with van der Waals surface area (Å²) >= 11 is 0.795. The zero-order chi connectivity index (χ0) is 35.4. The largest absolute Gasteiger partial charge is 0.464 e. The van der Waals surface area contributed by atoms with Crippen molar-refractivity contribution in [3.8, 4) is 0 Å². The van der Waals surface area contributed by atoms with Crippen molar-refractivity contribution in [3.63, 3.8) is 0 Å². The lowest BCUT2D eigenvalue weighted by atomic mass is 10.1. The maximum atomic E-state index is 13.1. The summed E-state index contributed by atoms with van der Waals surface area (Å²) in [5.41, 5.74) is -1.06. The second kappa shape index (κ2) is 22.3. The molecule has 0 spiro atoms. The highest BCUT2D eigenvalue weighted by molar-refractivity contribution is 7.99. The van der Waals surface area contributed by atoms with E-state index < -0.39 is 63.6 Å². The summed E-state index contributed by atoms with van der Waals surface area (Å²) in [6.07, 6.45) is 3.16. The van der Waals surface area contributed by atoms with Crippen molar-refractivity contribution < 1.29 is 43.3 Å². The van der Waals surface area contributed by atoms with E-state index in [1.54, 1.807) is 0 Å². The Morgan fingerprint density at radius 3 is 2.02 bits per heavy atom. The van der Waals surface area contributed by atoms with Crippen molar-refractivity contribution >= 4 is 52.8 Å². The van der Waals surface area contributed by atoms with Gasteiger partial charge in [-0.1, -0.05) is 40.5 Å². The minimum Gasteiger partial charge on any atom is -0.464 e. The first-order valence-electron chi connectivity index (χ1n) is 15.5. The van der Waals surface area contributed by atoms with E-state index in [1.165, 1.54) is 6.07 Å². The summed E-state index contributed by atoms with van der Waals surface area (Å²) in [6, 6.07) is 0.600. The van der Waals surface area contributed by atoms with Crippen molar-refractivity contribution in [2.75, 3.05) is 25.5 Å². The van der Waals surface area contributed by atoms with Crippen LogP contribution in [0.25, 0.3) is 0 Å². The van der Waals surface area contributed by atoms with Gasteiger partial charge in [0, 0.05) is 24.7 Å². The molecule has 0 saturated heterocycles. The van der Waals surface area contributed by atoms with Crippen LogP contribution in [0.5, 0.6) is 0 Å². The molecule has 0 bridgehead atoms. The highest BCUT2D eigenvalue weighted by Crippen LogP contribution is 2.32. The molecule has 0 heterocycles. The lowest BCUT2D eigenvalue weighted by molar-refractivity contribution is -0.396. The van der Waals surface area contributed by atoms with Crippen molar-refractivity contribution in [2.24, 2.45) is 5.92 Å². The first-order chi connectivity index (χ1) is 22.3. The van der Waals surface area contributed by atoms with Crippen LogP contribution in [0, 0.1) is 26.1 Å². The van der Waals surface area contributed by atoms with Crippen LogP contribution in [0.1, 0.15) is 79.1 Å². The fourth-order valence-electron chi connectivity index (χ4n) is 3.80. The van der Waals surface area contributed by atoms with Gasteiger partial charge in [-0.05, 0) is 37.7 Å². The summed E-state index contributed by atoms with van der Waals surface area (Å²) in [6.45, 7) is 7.56. The van der Waals surface area contributed by atoms with E-state index in [1.807, 2.05) is 27.7 Å². The third-order valence-electron chi connectivity index (χ3n) is 6.55. The number of benzene rings is 1. The Morgan fingerprint density at radius 1 is 0.851 bits per heavy atom. The van der Waals surface area contributed by atoms with Gasteiger partial charge in [-0.15, -0.1) is 11.8 Å². The zero-order valence-corrected chi connectivity index (χ0v) is 28.1. The predicted octanol–water partition coefficient (Wildman–Crippen LogP) is 3.58. The lowest BCUT2D eigenvalue weighted by Gasteiger charge is -2.20. The smallest absolute Gasteiger partial charge is 0.328 e. The molecule has 0 aliphatic heterocycles. The van der Waals surface area contributed by atoms with Crippen LogP contribution < -0.4 is 16.0 Å². The predicted molar refractivity (Wildman–Crippen MR) is 172 cm³/mol. The monoisotopic (exact) mass is 683 g/mol. The fraction of sp³-hybridized carbons (Fsp3) is 0.633. The molecular weight excluding hydrogens is 638 g/mol. The number of nitrogens with zero attached hydrogens (tertiary/aromatic N) is 2. The van der Waals surface area contributed by atoms with Crippen molar-refractivity contribution in [3.05, 3.63) is 38.4 Å². The summed E-state index contributed by atoms with van der Waals surface area (Å²) in [7, 11) is 0. The number of ether oxygens (including phenoxy) is 2. The molecule has 3 amide bonds. The van der Waals surface area contributed by atoms with Gasteiger partial charge >= 0.3 is 11.9 Å². The number of nitro groups is 2. The maximum Gasteiger partial charge on any atom is 0.328 e. The number of carbonyl (C=O) groups is 5. The Kier molecular flexibility index (Phi) is 19.3. The SMILES string of the molecule is CCCCOC(=O)CNC(=O)[C@H](CSc1ccc([N+](=O)[O-])cc1[N+](=O)[O-])NC(=O)CC[C@H](NC(=O)CCC(C)C)C(=O)OCCCC. The Balaban J connectivity index is 3.07. The van der Waals surface area contributed by atoms with Crippen molar-refractivity contribution in [1.82, 2.24) is 16.0 Å². The van der Waals surface area contributed by atoms with Gasteiger partial charge in [-0.2, -0.15) is 0 Å². The molecule has 1 rings (SSSR count). The highest BCUT2D eigenvalue weighted by atomic mass is 32.2. The minimum absolute atomic E-state index is 0.00521. The number of hydrogen-bond acceptors (Lipinski definition) is 12. The Hall–Kier alpha value is -4.28. The molecule has 0 radical (unpaired) electrons. The van der Waals surface area contributed by atoms with Crippen LogP contribution in [-0.2, 0) is 33.4 Å². The number of amides is 3. The first-order valence-corrected chi connectivity index (χ1v) is 16.5. The fourth-order valence-corrected chi connectivity index (χ4v) is 4.83. The van der Waals surface area contributed by atoms with E-state index in [-0.39, 0.29) is 54.9 Å². The van der Waals surface area contributed by atoms with Gasteiger partial charge in [-0.3, -0.25) is 39.4 Å². The summed E-state index contributed by atoms with van der Waals surface area (Å²) in [4.78, 5) is 84.4. The molecule has 0 aliphatic carbocycles. The number of unbranched alkanes of at least 4 members (excludes halogenated alkanes) is 2. The molecule has 0 aromatic heterocycles. The number of nitro benzene ring substituents is 2. The van der Waals surface area contributed by atoms with E-state index in [0.717, 1.165) is 36.7 Å². The molecule has 0 unspecified atom stereocenters. The molecular formula is C30H45N5O11S. The second-order valence-corrected chi connectivity index (χ2v) is 12.1. The summed E-state index contributed by atoms with van der Waals surface area (Å²) in [5, 5.41) is 30.2. The summed E-state index contributed by atoms with van der Waals surface area (Å²) < 4.78 is 10.3. The average molecular weight is 684 g/mol. The van der Waals surface area contributed by atoms with Gasteiger partial charge in [0.2, 0.25) is 17.7 Å². The second-order valence-electron chi connectivity index (χ2n) is 11.0. The van der Waals surface area contributed by atoms with Crippen LogP contribution in [0.4, 0.5) is 11.4 Å². The molecule has 1 aromatic rings. The van der Waals surface area contributed by atoms with Crippen molar-refractivity contribution in [1.29, 1.82) is 0 Å². The highest BCUT2D eigenvalue weighted by Gasteiger charge is 2.27. The first kappa shape index (κ1) is 40.7. The molecule has 0 saturated carbocycles. The topological polar surface area (TPSA) is 226 Å². The van der Waals surface area contributed by atoms with Gasteiger partial charge in [0.05, 0.1) is 34.0 Å². The third kappa shape index (κ3) is 16.7. The van der Waals surface area contributed by atoms with Gasteiger partial charge in [0.15, 0.2) is 0 Å². The molecule has 0 fully saturated rings. The standard InChI is InChI=1S/C30H45N5O11S/c1-5-7-15-45-28(38)18-31-29(39)23(19-47-25-12-10-21(34(41)42)17-24(25)35(43)44)33-27(37)14-11-22(30(40)46-16-8-6-2)32-26(36)13-9-20(3)4/h10,12,17,20,22-23H,5-9,11,13-16,18-19H2,1-4H3,(H,31,39)(H,32,36)(H,33,37)/t22-,23-/m0/s1. The molecule has 262 valence electrons. The number of thioether (sulfide) groups is 1. The molecule has 3 N–H and O–H groups in total. The van der Waals surface area contributed by atoms with Crippen LogP contribution >= 0.6 is 11.8 Å². The number of nitrogens with one attached hydrogen (secondary N) is 3. The Morgan fingerprint density at radius 2 is 1.45 bits per heavy atom. The van der Waals surface area contributed by atoms with Crippen LogP contribution in [-0.4, -0.2) is 77.1 Å². The van der Waals surface area contributed by atoms with Crippen molar-refractivity contribution in [2.45, 2.75) is 96.0 Å². The molecule has 47 heavy (non-hydrogen) atoms. The molecule has 16 nitrogen and oxygen atoms in total. The number of non-ortho nitro benzene ring substituents is 1. The minimum atomic E-state index is -1.32. The van der Waals surface area contributed by atoms with E-state index in [0.29, 0.717) is 19.3 Å². The molecule has 0 aliphatic rings. The molecule has 1 aromatic carbocycles. The number of esters is 2. The number of hydrogen-bond donors (Lipinski definition) is 3. The van der Waals surface area contributed by atoms with E-state index in [9.17, 15) is 44.2 Å². The zero-order valence-electron chi connectivity index (χ0n) is 27.2. The number of carbonyl (C=O) groups excluding carboxylic acids is 5. The normalized spacial score (nSPS) is 12.0.